The summed E-state index contributed by atoms with van der Waals surface area (Å²) in [6, 6.07) is 6.03. The number of nitrogens with one attached hydrogen (secondary N) is 1. The third kappa shape index (κ3) is 3.70. The van der Waals surface area contributed by atoms with Crippen molar-refractivity contribution in [3.8, 4) is 5.75 Å². The summed E-state index contributed by atoms with van der Waals surface area (Å²) in [6.07, 6.45) is 1.28. The third-order valence-corrected chi connectivity index (χ3v) is 3.11. The summed E-state index contributed by atoms with van der Waals surface area (Å²) < 4.78 is 10.7. The Kier molecular flexibility index (Phi) is 4.80. The smallest absolute Gasteiger partial charge is 0.347 e. The van der Waals surface area contributed by atoms with Crippen LogP contribution in [0.1, 0.15) is 30.9 Å². The van der Waals surface area contributed by atoms with Crippen LogP contribution < -0.4 is 10.1 Å². The maximum absolute atomic E-state index is 11.5. The second-order valence-electron chi connectivity index (χ2n) is 4.85. The highest BCUT2D eigenvalue weighted by atomic mass is 16.6. The largest absolute Gasteiger partial charge is 0.478 e. The zero-order valence-corrected chi connectivity index (χ0v) is 11.6. The molecule has 1 N–H and O–H groups in total. The zero-order valence-electron chi connectivity index (χ0n) is 11.6. The zero-order chi connectivity index (χ0) is 13.7. The summed E-state index contributed by atoms with van der Waals surface area (Å²) in [6.45, 7) is 6.37. The molecule has 1 unspecified atom stereocenters. The summed E-state index contributed by atoms with van der Waals surface area (Å²) in [4.78, 5) is 11.5. The molecule has 1 heterocycles. The number of rotatable bonds is 6. The van der Waals surface area contributed by atoms with Crippen molar-refractivity contribution >= 4 is 5.97 Å². The average molecular weight is 263 g/mol. The van der Waals surface area contributed by atoms with E-state index in [1.165, 1.54) is 5.56 Å². The predicted octanol–water partition coefficient (Wildman–Crippen LogP) is 2.19. The van der Waals surface area contributed by atoms with Gasteiger partial charge in [-0.25, -0.2) is 4.79 Å². The Hall–Kier alpha value is -1.55. The van der Waals surface area contributed by atoms with E-state index in [1.54, 1.807) is 0 Å². The lowest BCUT2D eigenvalue weighted by Crippen LogP contribution is -2.23. The second-order valence-corrected chi connectivity index (χ2v) is 4.85. The van der Waals surface area contributed by atoms with Crippen molar-refractivity contribution < 1.29 is 14.3 Å². The molecule has 0 amide bonds. The quantitative estimate of drug-likeness (QED) is 0.631. The van der Waals surface area contributed by atoms with E-state index in [1.807, 2.05) is 12.1 Å². The fraction of sp³-hybridized carbons (Fsp3) is 0.533. The molecule has 104 valence electrons. The monoisotopic (exact) mass is 263 g/mol. The molecule has 0 aliphatic carbocycles. The Balaban J connectivity index is 2.07. The minimum Gasteiger partial charge on any atom is -0.478 e. The number of hydrogen-bond acceptors (Lipinski definition) is 4. The lowest BCUT2D eigenvalue weighted by Gasteiger charge is -2.15. The molecule has 1 aromatic carbocycles. The highest BCUT2D eigenvalue weighted by Crippen LogP contribution is 2.23. The summed E-state index contributed by atoms with van der Waals surface area (Å²) in [7, 11) is 0. The Morgan fingerprint density at radius 2 is 2.32 bits per heavy atom. The fourth-order valence-corrected chi connectivity index (χ4v) is 2.10. The SMILES string of the molecule is CCCNCc1cc(C)ccc1OC1CCOC1=O. The van der Waals surface area contributed by atoms with Gasteiger partial charge in [0.1, 0.15) is 5.75 Å². The molecule has 2 rings (SSSR count). The summed E-state index contributed by atoms with van der Waals surface area (Å²) in [5.41, 5.74) is 2.28. The first kappa shape index (κ1) is 13.9. The number of ether oxygens (including phenoxy) is 2. The van der Waals surface area contributed by atoms with Gasteiger partial charge in [-0.2, -0.15) is 0 Å². The van der Waals surface area contributed by atoms with Crippen LogP contribution in [-0.4, -0.2) is 25.2 Å². The first-order chi connectivity index (χ1) is 9.20. The first-order valence-electron chi connectivity index (χ1n) is 6.84. The van der Waals surface area contributed by atoms with E-state index in [9.17, 15) is 4.79 Å². The Morgan fingerprint density at radius 3 is 3.00 bits per heavy atom. The molecule has 1 fully saturated rings. The van der Waals surface area contributed by atoms with Gasteiger partial charge in [0, 0.05) is 18.5 Å². The molecule has 4 heteroatoms. The van der Waals surface area contributed by atoms with Gasteiger partial charge in [0.2, 0.25) is 0 Å². The van der Waals surface area contributed by atoms with Crippen LogP contribution in [0.2, 0.25) is 0 Å². The van der Waals surface area contributed by atoms with Gasteiger partial charge in [-0.1, -0.05) is 24.6 Å². The van der Waals surface area contributed by atoms with Crippen LogP contribution in [0.5, 0.6) is 5.75 Å². The molecule has 1 saturated heterocycles. The molecule has 1 aromatic rings. The van der Waals surface area contributed by atoms with Gasteiger partial charge in [0.05, 0.1) is 6.61 Å². The molecule has 0 aromatic heterocycles. The lowest BCUT2D eigenvalue weighted by atomic mass is 10.1. The molecule has 0 radical (unpaired) electrons. The van der Waals surface area contributed by atoms with Gasteiger partial charge in [-0.3, -0.25) is 0 Å². The predicted molar refractivity (Wildman–Crippen MR) is 73.2 cm³/mol. The van der Waals surface area contributed by atoms with Crippen LogP contribution in [0.15, 0.2) is 18.2 Å². The summed E-state index contributed by atoms with van der Waals surface area (Å²) in [5.74, 6) is 0.520. The highest BCUT2D eigenvalue weighted by molar-refractivity contribution is 5.76. The van der Waals surface area contributed by atoms with Crippen LogP contribution in [0.25, 0.3) is 0 Å². The van der Waals surface area contributed by atoms with Gasteiger partial charge in [-0.05, 0) is 26.0 Å². The maximum atomic E-state index is 11.5. The first-order valence-corrected chi connectivity index (χ1v) is 6.84. The van der Waals surface area contributed by atoms with Crippen LogP contribution in [0.3, 0.4) is 0 Å². The Labute approximate surface area is 114 Å². The topological polar surface area (TPSA) is 47.6 Å². The van der Waals surface area contributed by atoms with Crippen molar-refractivity contribution in [1.29, 1.82) is 0 Å². The lowest BCUT2D eigenvalue weighted by molar-refractivity contribution is -0.143. The van der Waals surface area contributed by atoms with Gasteiger partial charge in [-0.15, -0.1) is 0 Å². The standard InChI is InChI=1S/C15H21NO3/c1-3-7-16-10-12-9-11(2)4-5-13(12)19-14-6-8-18-15(14)17/h4-5,9,14,16H,3,6-8,10H2,1-2H3. The summed E-state index contributed by atoms with van der Waals surface area (Å²) in [5, 5.41) is 3.36. The minimum absolute atomic E-state index is 0.256. The average Bonchev–Trinajstić information content (AvgIpc) is 2.78. The van der Waals surface area contributed by atoms with Gasteiger partial charge >= 0.3 is 5.97 Å². The molecule has 1 aliphatic rings. The van der Waals surface area contributed by atoms with Crippen LogP contribution in [-0.2, 0) is 16.1 Å². The molecule has 0 bridgehead atoms. The van der Waals surface area contributed by atoms with E-state index in [4.69, 9.17) is 9.47 Å². The van der Waals surface area contributed by atoms with Crippen molar-refractivity contribution in [2.75, 3.05) is 13.2 Å². The van der Waals surface area contributed by atoms with Gasteiger partial charge in [0.25, 0.3) is 0 Å². The van der Waals surface area contributed by atoms with E-state index in [2.05, 4.69) is 25.2 Å². The fourth-order valence-electron chi connectivity index (χ4n) is 2.10. The Morgan fingerprint density at radius 1 is 1.47 bits per heavy atom. The van der Waals surface area contributed by atoms with Gasteiger partial charge in [0.15, 0.2) is 6.10 Å². The highest BCUT2D eigenvalue weighted by Gasteiger charge is 2.28. The van der Waals surface area contributed by atoms with Crippen LogP contribution in [0.4, 0.5) is 0 Å². The van der Waals surface area contributed by atoms with Crippen molar-refractivity contribution in [3.63, 3.8) is 0 Å². The molecular formula is C15H21NO3. The molecule has 19 heavy (non-hydrogen) atoms. The maximum Gasteiger partial charge on any atom is 0.347 e. The molecule has 1 aliphatic heterocycles. The van der Waals surface area contributed by atoms with E-state index in [0.29, 0.717) is 13.0 Å². The van der Waals surface area contributed by atoms with E-state index in [0.717, 1.165) is 30.8 Å². The number of hydrogen-bond donors (Lipinski definition) is 1. The van der Waals surface area contributed by atoms with Crippen molar-refractivity contribution in [1.82, 2.24) is 5.32 Å². The number of aryl methyl sites for hydroxylation is 1. The number of carbonyl (C=O) groups excluding carboxylic acids is 1. The van der Waals surface area contributed by atoms with Crippen LogP contribution >= 0.6 is 0 Å². The number of cyclic esters (lactones) is 1. The van der Waals surface area contributed by atoms with Crippen molar-refractivity contribution in [2.24, 2.45) is 0 Å². The van der Waals surface area contributed by atoms with E-state index >= 15 is 0 Å². The normalized spacial score (nSPS) is 18.4. The van der Waals surface area contributed by atoms with Crippen molar-refractivity contribution in [3.05, 3.63) is 29.3 Å². The molecule has 1 atom stereocenters. The van der Waals surface area contributed by atoms with E-state index in [-0.39, 0.29) is 5.97 Å². The summed E-state index contributed by atoms with van der Waals surface area (Å²) >= 11 is 0. The van der Waals surface area contributed by atoms with E-state index < -0.39 is 6.10 Å². The van der Waals surface area contributed by atoms with Gasteiger partial charge < -0.3 is 14.8 Å². The minimum atomic E-state index is -0.451. The molecular weight excluding hydrogens is 242 g/mol. The van der Waals surface area contributed by atoms with Crippen LogP contribution in [0, 0.1) is 6.92 Å². The third-order valence-electron chi connectivity index (χ3n) is 3.11. The number of carbonyl (C=O) groups is 1. The molecule has 0 spiro atoms. The number of esters is 1. The Bertz CT molecular complexity index is 445. The number of benzene rings is 1. The molecule has 0 saturated carbocycles. The molecule has 4 nitrogen and oxygen atoms in total. The second kappa shape index (κ2) is 6.57. The van der Waals surface area contributed by atoms with Crippen molar-refractivity contribution in [2.45, 2.75) is 39.3 Å².